The Kier molecular flexibility index (Phi) is 4.74. The number of rotatable bonds is 3. The Morgan fingerprint density at radius 2 is 1.62 bits per heavy atom. The average molecular weight is 313 g/mol. The molecule has 1 atom stereocenters. The lowest BCUT2D eigenvalue weighted by Gasteiger charge is -2.25. The Labute approximate surface area is 142 Å². The fraction of sp³-hybridized carbons (Fsp3) is 0.136. The van der Waals surface area contributed by atoms with Gasteiger partial charge in [0.1, 0.15) is 5.69 Å². The Morgan fingerprint density at radius 3 is 2.33 bits per heavy atom. The van der Waals surface area contributed by atoms with Gasteiger partial charge < -0.3 is 5.11 Å². The van der Waals surface area contributed by atoms with Crippen LogP contribution in [-0.4, -0.2) is 10.1 Å². The van der Waals surface area contributed by atoms with Crippen molar-refractivity contribution in [3.63, 3.8) is 0 Å². The SMILES string of the molecule is Cc1ccccc1[C@@](O)(C#Cc1ccccn1)Cc1ccccc1. The zero-order valence-corrected chi connectivity index (χ0v) is 13.6. The first-order valence-corrected chi connectivity index (χ1v) is 7.94. The Bertz CT molecular complexity index is 862. The van der Waals surface area contributed by atoms with Gasteiger partial charge in [0.15, 0.2) is 5.60 Å². The van der Waals surface area contributed by atoms with E-state index in [9.17, 15) is 5.11 Å². The van der Waals surface area contributed by atoms with Gasteiger partial charge in [0.25, 0.3) is 0 Å². The molecule has 0 amide bonds. The van der Waals surface area contributed by atoms with Crippen LogP contribution in [0, 0.1) is 18.8 Å². The first kappa shape index (κ1) is 16.0. The van der Waals surface area contributed by atoms with Crippen LogP contribution in [0.5, 0.6) is 0 Å². The highest BCUT2D eigenvalue weighted by Gasteiger charge is 2.28. The van der Waals surface area contributed by atoms with Crippen molar-refractivity contribution in [1.82, 2.24) is 4.98 Å². The lowest BCUT2D eigenvalue weighted by atomic mass is 9.85. The maximum atomic E-state index is 11.4. The first-order valence-electron chi connectivity index (χ1n) is 7.94. The number of benzene rings is 2. The summed E-state index contributed by atoms with van der Waals surface area (Å²) in [5, 5.41) is 11.4. The van der Waals surface area contributed by atoms with Crippen LogP contribution < -0.4 is 0 Å². The van der Waals surface area contributed by atoms with E-state index in [0.29, 0.717) is 12.1 Å². The van der Waals surface area contributed by atoms with Crippen molar-refractivity contribution in [2.45, 2.75) is 18.9 Å². The van der Waals surface area contributed by atoms with Gasteiger partial charge in [-0.2, -0.15) is 0 Å². The molecule has 1 aromatic heterocycles. The average Bonchev–Trinajstić information content (AvgIpc) is 2.62. The third kappa shape index (κ3) is 3.71. The fourth-order valence-electron chi connectivity index (χ4n) is 2.74. The van der Waals surface area contributed by atoms with E-state index >= 15 is 0 Å². The van der Waals surface area contributed by atoms with Crippen molar-refractivity contribution in [2.75, 3.05) is 0 Å². The highest BCUT2D eigenvalue weighted by atomic mass is 16.3. The lowest BCUT2D eigenvalue weighted by molar-refractivity contribution is 0.1000. The monoisotopic (exact) mass is 313 g/mol. The normalized spacial score (nSPS) is 12.8. The molecular weight excluding hydrogens is 294 g/mol. The maximum Gasteiger partial charge on any atom is 0.155 e. The highest BCUT2D eigenvalue weighted by molar-refractivity contribution is 5.42. The molecule has 0 unspecified atom stereocenters. The molecule has 1 N–H and O–H groups in total. The molecule has 0 bridgehead atoms. The van der Waals surface area contributed by atoms with Gasteiger partial charge in [0.05, 0.1) is 0 Å². The molecule has 0 fully saturated rings. The molecule has 0 saturated carbocycles. The first-order chi connectivity index (χ1) is 11.7. The summed E-state index contributed by atoms with van der Waals surface area (Å²) in [7, 11) is 0. The van der Waals surface area contributed by atoms with Gasteiger partial charge >= 0.3 is 0 Å². The Morgan fingerprint density at radius 1 is 0.917 bits per heavy atom. The summed E-state index contributed by atoms with van der Waals surface area (Å²) >= 11 is 0. The third-order valence-electron chi connectivity index (χ3n) is 3.96. The van der Waals surface area contributed by atoms with Crippen molar-refractivity contribution >= 4 is 0 Å². The summed E-state index contributed by atoms with van der Waals surface area (Å²) in [6.45, 7) is 1.99. The predicted molar refractivity (Wildman–Crippen MR) is 96.3 cm³/mol. The molecule has 2 heteroatoms. The van der Waals surface area contributed by atoms with E-state index in [4.69, 9.17) is 0 Å². The second-order valence-electron chi connectivity index (χ2n) is 5.80. The zero-order chi connectivity index (χ0) is 16.8. The van der Waals surface area contributed by atoms with E-state index in [2.05, 4.69) is 16.8 Å². The van der Waals surface area contributed by atoms with Gasteiger partial charge in [0, 0.05) is 12.6 Å². The molecule has 3 aromatic rings. The fourth-order valence-corrected chi connectivity index (χ4v) is 2.74. The molecule has 1 heterocycles. The molecule has 118 valence electrons. The molecule has 0 radical (unpaired) electrons. The van der Waals surface area contributed by atoms with Gasteiger partial charge in [-0.15, -0.1) is 0 Å². The quantitative estimate of drug-likeness (QED) is 0.745. The Balaban J connectivity index is 2.04. The van der Waals surface area contributed by atoms with Crippen LogP contribution in [0.3, 0.4) is 0 Å². The van der Waals surface area contributed by atoms with Crippen molar-refractivity contribution in [3.05, 3.63) is 101 Å². The predicted octanol–water partition coefficient (Wildman–Crippen LogP) is 3.87. The van der Waals surface area contributed by atoms with Crippen LogP contribution in [0.2, 0.25) is 0 Å². The minimum atomic E-state index is -1.26. The van der Waals surface area contributed by atoms with E-state index in [-0.39, 0.29) is 0 Å². The number of aromatic nitrogens is 1. The molecule has 2 aromatic carbocycles. The van der Waals surface area contributed by atoms with Crippen LogP contribution in [0.1, 0.15) is 22.4 Å². The van der Waals surface area contributed by atoms with E-state index in [0.717, 1.165) is 16.7 Å². The minimum absolute atomic E-state index is 0.429. The zero-order valence-electron chi connectivity index (χ0n) is 13.6. The summed E-state index contributed by atoms with van der Waals surface area (Å²) in [5.74, 6) is 6.08. The maximum absolute atomic E-state index is 11.4. The van der Waals surface area contributed by atoms with Crippen LogP contribution >= 0.6 is 0 Å². The largest absolute Gasteiger partial charge is 0.373 e. The van der Waals surface area contributed by atoms with Gasteiger partial charge in [-0.3, -0.25) is 0 Å². The van der Waals surface area contributed by atoms with Crippen molar-refractivity contribution in [2.24, 2.45) is 0 Å². The van der Waals surface area contributed by atoms with Crippen LogP contribution in [-0.2, 0) is 12.0 Å². The summed E-state index contributed by atoms with van der Waals surface area (Å²) in [6, 6.07) is 23.3. The number of hydrogen-bond acceptors (Lipinski definition) is 2. The summed E-state index contributed by atoms with van der Waals surface area (Å²) in [6.07, 6.45) is 2.13. The molecule has 2 nitrogen and oxygen atoms in total. The van der Waals surface area contributed by atoms with Gasteiger partial charge in [-0.1, -0.05) is 66.6 Å². The number of nitrogens with zero attached hydrogens (tertiary/aromatic N) is 1. The topological polar surface area (TPSA) is 33.1 Å². The number of aryl methyl sites for hydroxylation is 1. The smallest absolute Gasteiger partial charge is 0.155 e. The van der Waals surface area contributed by atoms with Gasteiger partial charge in [0.2, 0.25) is 0 Å². The Hall–Kier alpha value is -2.89. The highest BCUT2D eigenvalue weighted by Crippen LogP contribution is 2.28. The molecule has 0 aliphatic rings. The molecular formula is C22H19NO. The molecule has 0 saturated heterocycles. The van der Waals surface area contributed by atoms with E-state index in [1.165, 1.54) is 0 Å². The van der Waals surface area contributed by atoms with E-state index in [1.807, 2.05) is 79.7 Å². The van der Waals surface area contributed by atoms with Gasteiger partial charge in [-0.25, -0.2) is 4.98 Å². The number of aliphatic hydroxyl groups is 1. The summed E-state index contributed by atoms with van der Waals surface area (Å²) in [4.78, 5) is 4.22. The molecule has 3 rings (SSSR count). The summed E-state index contributed by atoms with van der Waals surface area (Å²) < 4.78 is 0. The number of pyridine rings is 1. The van der Waals surface area contributed by atoms with Crippen molar-refractivity contribution < 1.29 is 5.11 Å². The molecule has 0 spiro atoms. The second-order valence-corrected chi connectivity index (χ2v) is 5.80. The third-order valence-corrected chi connectivity index (χ3v) is 3.96. The minimum Gasteiger partial charge on any atom is -0.373 e. The van der Waals surface area contributed by atoms with Crippen LogP contribution in [0.25, 0.3) is 0 Å². The van der Waals surface area contributed by atoms with Gasteiger partial charge in [-0.05, 0) is 41.7 Å². The number of hydrogen-bond donors (Lipinski definition) is 1. The van der Waals surface area contributed by atoms with E-state index < -0.39 is 5.60 Å². The van der Waals surface area contributed by atoms with E-state index in [1.54, 1.807) is 6.20 Å². The molecule has 24 heavy (non-hydrogen) atoms. The lowest BCUT2D eigenvalue weighted by Crippen LogP contribution is -2.27. The van der Waals surface area contributed by atoms with Crippen molar-refractivity contribution in [1.29, 1.82) is 0 Å². The van der Waals surface area contributed by atoms with Crippen molar-refractivity contribution in [3.8, 4) is 11.8 Å². The van der Waals surface area contributed by atoms with Crippen LogP contribution in [0.15, 0.2) is 79.0 Å². The second kappa shape index (κ2) is 7.12. The standard InChI is InChI=1S/C22H19NO/c1-18-9-5-6-13-21(18)22(24,17-19-10-3-2-4-11-19)15-14-20-12-7-8-16-23-20/h2-13,16,24H,17H2,1H3/t22-/m1/s1. The summed E-state index contributed by atoms with van der Waals surface area (Å²) in [5.41, 5.74) is 2.28. The molecule has 0 aliphatic heterocycles. The molecule has 0 aliphatic carbocycles. The van der Waals surface area contributed by atoms with Crippen LogP contribution in [0.4, 0.5) is 0 Å².